The van der Waals surface area contributed by atoms with Crippen LogP contribution in [-0.2, 0) is 5.41 Å². The summed E-state index contributed by atoms with van der Waals surface area (Å²) in [4.78, 5) is 4.65. The molecule has 0 aromatic carbocycles. The highest BCUT2D eigenvalue weighted by Crippen LogP contribution is 2.24. The van der Waals surface area contributed by atoms with E-state index in [9.17, 15) is 0 Å². The number of fused-ring (bicyclic) bond motifs is 1. The molecule has 16 heavy (non-hydrogen) atoms. The van der Waals surface area contributed by atoms with Gasteiger partial charge in [-0.15, -0.1) is 0 Å². The van der Waals surface area contributed by atoms with Crippen molar-refractivity contribution in [1.29, 1.82) is 0 Å². The highest BCUT2D eigenvalue weighted by molar-refractivity contribution is 5.40. The van der Waals surface area contributed by atoms with E-state index in [1.807, 2.05) is 10.6 Å². The fourth-order valence-corrected chi connectivity index (χ4v) is 1.73. The van der Waals surface area contributed by atoms with Gasteiger partial charge in [-0.1, -0.05) is 34.6 Å². The highest BCUT2D eigenvalue weighted by atomic mass is 15.2. The molecule has 0 bridgehead atoms. The topological polar surface area (TPSA) is 30.2 Å². The Hall–Kier alpha value is -1.38. The molecule has 2 rings (SSSR count). The summed E-state index contributed by atoms with van der Waals surface area (Å²) < 4.78 is 1.93. The Morgan fingerprint density at radius 3 is 2.50 bits per heavy atom. The summed E-state index contributed by atoms with van der Waals surface area (Å²) in [7, 11) is 0. The minimum Gasteiger partial charge on any atom is -0.233 e. The number of rotatable bonds is 1. The number of hydrogen-bond acceptors (Lipinski definition) is 2. The van der Waals surface area contributed by atoms with Crippen LogP contribution in [0.4, 0.5) is 0 Å². The zero-order chi connectivity index (χ0) is 11.9. The molecule has 0 unspecified atom stereocenters. The van der Waals surface area contributed by atoms with Crippen LogP contribution in [0.5, 0.6) is 0 Å². The zero-order valence-corrected chi connectivity index (χ0v) is 10.7. The Kier molecular flexibility index (Phi) is 2.49. The monoisotopic (exact) mass is 217 g/mol. The molecule has 0 saturated carbocycles. The van der Waals surface area contributed by atoms with E-state index in [4.69, 9.17) is 0 Å². The number of aromatic nitrogens is 3. The number of hydrogen-bond donors (Lipinski definition) is 0. The Bertz CT molecular complexity index is 503. The van der Waals surface area contributed by atoms with Crippen LogP contribution < -0.4 is 0 Å². The molecule has 3 heteroatoms. The lowest BCUT2D eigenvalue weighted by atomic mass is 9.90. The van der Waals surface area contributed by atoms with E-state index >= 15 is 0 Å². The van der Waals surface area contributed by atoms with Crippen LogP contribution in [0.1, 0.15) is 51.9 Å². The Morgan fingerprint density at radius 1 is 1.25 bits per heavy atom. The minimum absolute atomic E-state index is 0.0790. The molecule has 0 amide bonds. The Morgan fingerprint density at radius 2 is 1.94 bits per heavy atom. The van der Waals surface area contributed by atoms with Crippen LogP contribution in [0.3, 0.4) is 0 Å². The van der Waals surface area contributed by atoms with Crippen molar-refractivity contribution in [2.45, 2.75) is 46.0 Å². The second kappa shape index (κ2) is 3.58. The second-order valence-electron chi connectivity index (χ2n) is 5.57. The molecule has 2 heterocycles. The first kappa shape index (κ1) is 11.1. The van der Waals surface area contributed by atoms with Gasteiger partial charge in [0.25, 0.3) is 0 Å². The summed E-state index contributed by atoms with van der Waals surface area (Å²) in [6.07, 6.45) is 1.81. The van der Waals surface area contributed by atoms with Crippen molar-refractivity contribution in [3.8, 4) is 0 Å². The van der Waals surface area contributed by atoms with Crippen molar-refractivity contribution in [2.24, 2.45) is 0 Å². The van der Waals surface area contributed by atoms with Gasteiger partial charge in [-0.25, -0.2) is 9.50 Å². The quantitative estimate of drug-likeness (QED) is 0.734. The summed E-state index contributed by atoms with van der Waals surface area (Å²) in [6.45, 7) is 10.9. The summed E-state index contributed by atoms with van der Waals surface area (Å²) in [5.41, 5.74) is 3.37. The Labute approximate surface area is 96.5 Å². The fraction of sp³-hybridized carbons (Fsp3) is 0.538. The lowest BCUT2D eigenvalue weighted by molar-refractivity contribution is 0.563. The molecule has 0 fully saturated rings. The maximum absolute atomic E-state index is 4.65. The summed E-state index contributed by atoms with van der Waals surface area (Å²) in [5.74, 6) is 0.450. The fourth-order valence-electron chi connectivity index (χ4n) is 1.73. The molecule has 0 N–H and O–H groups in total. The molecule has 2 aromatic rings. The average molecular weight is 217 g/mol. The Balaban J connectivity index is 2.71. The third-order valence-electron chi connectivity index (χ3n) is 2.75. The first-order valence-electron chi connectivity index (χ1n) is 5.75. The number of nitrogens with zero attached hydrogens (tertiary/aromatic N) is 3. The van der Waals surface area contributed by atoms with Crippen LogP contribution in [0.25, 0.3) is 5.65 Å². The van der Waals surface area contributed by atoms with Gasteiger partial charge in [-0.3, -0.25) is 0 Å². The van der Waals surface area contributed by atoms with E-state index < -0.39 is 0 Å². The van der Waals surface area contributed by atoms with Gasteiger partial charge in [0.05, 0.1) is 11.9 Å². The van der Waals surface area contributed by atoms with Crippen LogP contribution in [0.15, 0.2) is 18.3 Å². The molecule has 0 aliphatic carbocycles. The first-order chi connectivity index (χ1) is 7.39. The van der Waals surface area contributed by atoms with E-state index in [0.29, 0.717) is 5.92 Å². The molecule has 0 radical (unpaired) electrons. The molecule has 0 spiro atoms. The summed E-state index contributed by atoms with van der Waals surface area (Å²) in [6, 6.07) is 4.13. The van der Waals surface area contributed by atoms with Crippen LogP contribution in [0.2, 0.25) is 0 Å². The molecular weight excluding hydrogens is 198 g/mol. The van der Waals surface area contributed by atoms with Gasteiger partial charge in [-0.2, -0.15) is 5.10 Å². The summed E-state index contributed by atoms with van der Waals surface area (Å²) in [5, 5.41) is 4.32. The van der Waals surface area contributed by atoms with Crippen LogP contribution in [-0.4, -0.2) is 14.6 Å². The van der Waals surface area contributed by atoms with E-state index in [0.717, 1.165) is 11.3 Å². The van der Waals surface area contributed by atoms with Crippen molar-refractivity contribution in [2.75, 3.05) is 0 Å². The van der Waals surface area contributed by atoms with Crippen LogP contribution >= 0.6 is 0 Å². The van der Waals surface area contributed by atoms with E-state index in [-0.39, 0.29) is 5.41 Å². The first-order valence-corrected chi connectivity index (χ1v) is 5.75. The molecule has 3 nitrogen and oxygen atoms in total. The molecule has 0 atom stereocenters. The van der Waals surface area contributed by atoms with Crippen molar-refractivity contribution < 1.29 is 0 Å². The van der Waals surface area contributed by atoms with E-state index in [1.165, 1.54) is 5.69 Å². The molecule has 0 aliphatic heterocycles. The average Bonchev–Trinajstić information content (AvgIpc) is 2.61. The predicted octanol–water partition coefficient (Wildman–Crippen LogP) is 3.15. The maximum atomic E-state index is 4.65. The van der Waals surface area contributed by atoms with Crippen molar-refractivity contribution >= 4 is 5.65 Å². The van der Waals surface area contributed by atoms with Gasteiger partial charge in [0.1, 0.15) is 0 Å². The van der Waals surface area contributed by atoms with Crippen molar-refractivity contribution in [3.05, 3.63) is 29.7 Å². The van der Waals surface area contributed by atoms with E-state index in [2.05, 4.69) is 50.8 Å². The zero-order valence-electron chi connectivity index (χ0n) is 10.7. The largest absolute Gasteiger partial charge is 0.233 e. The van der Waals surface area contributed by atoms with Crippen LogP contribution in [0, 0.1) is 0 Å². The molecule has 0 aliphatic rings. The second-order valence-corrected chi connectivity index (χ2v) is 5.57. The van der Waals surface area contributed by atoms with Crippen molar-refractivity contribution in [1.82, 2.24) is 14.6 Å². The molecular formula is C13H19N3. The summed E-state index contributed by atoms with van der Waals surface area (Å²) >= 11 is 0. The van der Waals surface area contributed by atoms with E-state index in [1.54, 1.807) is 6.20 Å². The van der Waals surface area contributed by atoms with Gasteiger partial charge in [-0.05, 0) is 12.0 Å². The van der Waals surface area contributed by atoms with Crippen molar-refractivity contribution in [3.63, 3.8) is 0 Å². The molecule has 0 saturated heterocycles. The third-order valence-corrected chi connectivity index (χ3v) is 2.75. The standard InChI is InChI=1S/C13H19N3/c1-9(2)10-8-11(13(3,4)5)15-12-6-7-14-16(10)12/h6-9H,1-5H3. The molecule has 86 valence electrons. The van der Waals surface area contributed by atoms with Gasteiger partial charge in [0.2, 0.25) is 0 Å². The van der Waals surface area contributed by atoms with Gasteiger partial charge < -0.3 is 0 Å². The van der Waals surface area contributed by atoms with Gasteiger partial charge in [0.15, 0.2) is 5.65 Å². The van der Waals surface area contributed by atoms with Gasteiger partial charge in [0, 0.05) is 17.2 Å². The highest BCUT2D eigenvalue weighted by Gasteiger charge is 2.19. The normalized spacial score (nSPS) is 12.6. The maximum Gasteiger partial charge on any atom is 0.155 e. The lowest BCUT2D eigenvalue weighted by Gasteiger charge is -2.20. The smallest absolute Gasteiger partial charge is 0.155 e. The van der Waals surface area contributed by atoms with Gasteiger partial charge >= 0.3 is 0 Å². The predicted molar refractivity (Wildman–Crippen MR) is 65.8 cm³/mol. The SMILES string of the molecule is CC(C)c1cc(C(C)(C)C)nc2ccnn12. The molecule has 2 aromatic heterocycles. The third kappa shape index (κ3) is 1.82. The minimum atomic E-state index is 0.0790. The lowest BCUT2D eigenvalue weighted by Crippen LogP contribution is -2.16.